The second-order valence-electron chi connectivity index (χ2n) is 7.08. The van der Waals surface area contributed by atoms with E-state index in [1.165, 1.54) is 12.1 Å². The number of hydrogen-bond acceptors (Lipinski definition) is 7. The molecule has 0 spiro atoms. The zero-order chi connectivity index (χ0) is 22.4. The molecule has 0 saturated heterocycles. The summed E-state index contributed by atoms with van der Waals surface area (Å²) >= 11 is 0. The highest BCUT2D eigenvalue weighted by atomic mass is 32.2. The number of unbranched alkanes of at least 4 members (excludes halogenated alkanes) is 1. The number of nitrogen functional groups attached to an aromatic ring is 1. The maximum atomic E-state index is 12.4. The number of aryl methyl sites for hydroxylation is 2. The van der Waals surface area contributed by atoms with E-state index in [1.54, 1.807) is 18.3 Å². The summed E-state index contributed by atoms with van der Waals surface area (Å²) in [4.78, 5) is 8.89. The molecule has 31 heavy (non-hydrogen) atoms. The van der Waals surface area contributed by atoms with Crippen LogP contribution in [0, 0.1) is 18.3 Å². The molecule has 0 atom stereocenters. The van der Waals surface area contributed by atoms with Crippen molar-refractivity contribution in [1.82, 2.24) is 19.3 Å². The number of imidazole rings is 1. The maximum Gasteiger partial charge on any atom is 0.240 e. The predicted molar refractivity (Wildman–Crippen MR) is 118 cm³/mol. The van der Waals surface area contributed by atoms with Crippen LogP contribution in [0.4, 0.5) is 5.82 Å². The monoisotopic (exact) mass is 442 g/mol. The quantitative estimate of drug-likeness (QED) is 0.460. The number of hydrogen-bond donors (Lipinski definition) is 2. The van der Waals surface area contributed by atoms with E-state index >= 15 is 0 Å². The van der Waals surface area contributed by atoms with Crippen LogP contribution in [-0.4, -0.2) is 36.1 Å². The second kappa shape index (κ2) is 9.87. The number of fused-ring (bicyclic) bond motifs is 1. The lowest BCUT2D eigenvalue weighted by atomic mass is 10.2. The number of benzene rings is 1. The topological polar surface area (TPSA) is 136 Å². The fraction of sp³-hybridized carbons (Fsp3) is 0.381. The standard InChI is InChI=1S/C21H26N6O3S/c1-3-30-14-18-26-19-20(15(2)13-24-21(19)23)27(18)10-5-4-9-25-31(28,29)17-8-6-7-16(11-17)12-22/h6-8,11,13,25H,3-5,9-10,14H2,1-2H3,(H2,23,24). The molecular formula is C21H26N6O3S. The zero-order valence-electron chi connectivity index (χ0n) is 17.6. The zero-order valence-corrected chi connectivity index (χ0v) is 18.4. The number of nitrogens with zero attached hydrogens (tertiary/aromatic N) is 4. The molecule has 3 aromatic rings. The number of ether oxygens (including phenoxy) is 1. The predicted octanol–water partition coefficient (Wildman–Crippen LogP) is 2.49. The van der Waals surface area contributed by atoms with E-state index in [1.807, 2.05) is 19.9 Å². The van der Waals surface area contributed by atoms with Gasteiger partial charge >= 0.3 is 0 Å². The van der Waals surface area contributed by atoms with E-state index in [2.05, 4.69) is 19.3 Å². The minimum absolute atomic E-state index is 0.0877. The number of pyridine rings is 1. The normalized spacial score (nSPS) is 11.6. The van der Waals surface area contributed by atoms with Crippen LogP contribution in [0.25, 0.3) is 11.0 Å². The minimum atomic E-state index is -3.66. The molecule has 0 bridgehead atoms. The van der Waals surface area contributed by atoms with Crippen LogP contribution in [0.15, 0.2) is 35.4 Å². The summed E-state index contributed by atoms with van der Waals surface area (Å²) in [5.74, 6) is 1.15. The van der Waals surface area contributed by atoms with Gasteiger partial charge < -0.3 is 15.0 Å². The SMILES string of the molecule is CCOCc1nc2c(N)ncc(C)c2n1CCCCNS(=O)(=O)c1cccc(C#N)c1. The molecule has 0 fully saturated rings. The molecule has 2 heterocycles. The van der Waals surface area contributed by atoms with Crippen LogP contribution < -0.4 is 10.5 Å². The van der Waals surface area contributed by atoms with Gasteiger partial charge in [-0.05, 0) is 50.5 Å². The van der Waals surface area contributed by atoms with Crippen molar-refractivity contribution in [3.63, 3.8) is 0 Å². The molecule has 0 aliphatic heterocycles. The first kappa shape index (κ1) is 22.7. The van der Waals surface area contributed by atoms with Crippen molar-refractivity contribution in [2.24, 2.45) is 0 Å². The van der Waals surface area contributed by atoms with Gasteiger partial charge in [0.25, 0.3) is 0 Å². The van der Waals surface area contributed by atoms with Crippen LogP contribution >= 0.6 is 0 Å². The number of nitriles is 1. The van der Waals surface area contributed by atoms with Gasteiger partial charge in [0.15, 0.2) is 5.82 Å². The molecule has 9 nitrogen and oxygen atoms in total. The van der Waals surface area contributed by atoms with Gasteiger partial charge in [0.05, 0.1) is 22.0 Å². The molecule has 3 N–H and O–H groups in total. The fourth-order valence-corrected chi connectivity index (χ4v) is 4.45. The average Bonchev–Trinajstić information content (AvgIpc) is 3.14. The summed E-state index contributed by atoms with van der Waals surface area (Å²) in [6, 6.07) is 7.91. The summed E-state index contributed by atoms with van der Waals surface area (Å²) in [5, 5.41) is 8.96. The average molecular weight is 443 g/mol. The second-order valence-corrected chi connectivity index (χ2v) is 8.85. The van der Waals surface area contributed by atoms with Crippen molar-refractivity contribution in [1.29, 1.82) is 5.26 Å². The number of sulfonamides is 1. The molecule has 0 aliphatic carbocycles. The van der Waals surface area contributed by atoms with Crippen LogP contribution in [0.3, 0.4) is 0 Å². The van der Waals surface area contributed by atoms with Crippen molar-refractivity contribution in [2.75, 3.05) is 18.9 Å². The van der Waals surface area contributed by atoms with E-state index in [0.717, 1.165) is 23.3 Å². The minimum Gasteiger partial charge on any atom is -0.382 e. The van der Waals surface area contributed by atoms with Crippen LogP contribution in [0.5, 0.6) is 0 Å². The van der Waals surface area contributed by atoms with Gasteiger partial charge in [0, 0.05) is 25.9 Å². The van der Waals surface area contributed by atoms with Crippen LogP contribution in [-0.2, 0) is 27.9 Å². The molecule has 0 unspecified atom stereocenters. The molecular weight excluding hydrogens is 416 g/mol. The van der Waals surface area contributed by atoms with Crippen molar-refractivity contribution in [3.05, 3.63) is 47.4 Å². The Kier molecular flexibility index (Phi) is 7.22. The lowest BCUT2D eigenvalue weighted by Crippen LogP contribution is -2.25. The van der Waals surface area contributed by atoms with E-state index in [9.17, 15) is 8.42 Å². The highest BCUT2D eigenvalue weighted by molar-refractivity contribution is 7.89. The van der Waals surface area contributed by atoms with Gasteiger partial charge in [0.1, 0.15) is 17.9 Å². The van der Waals surface area contributed by atoms with Gasteiger partial charge in [-0.15, -0.1) is 0 Å². The Morgan fingerprint density at radius 2 is 2.13 bits per heavy atom. The highest BCUT2D eigenvalue weighted by Crippen LogP contribution is 2.24. The van der Waals surface area contributed by atoms with Gasteiger partial charge in [-0.2, -0.15) is 5.26 Å². The number of aromatic nitrogens is 3. The van der Waals surface area contributed by atoms with E-state index in [4.69, 9.17) is 15.7 Å². The number of anilines is 1. The lowest BCUT2D eigenvalue weighted by molar-refractivity contribution is 0.126. The third-order valence-electron chi connectivity index (χ3n) is 4.87. The number of nitrogens with one attached hydrogen (secondary N) is 1. The Balaban J connectivity index is 1.66. The molecule has 1 aromatic carbocycles. The molecule has 0 radical (unpaired) electrons. The highest BCUT2D eigenvalue weighted by Gasteiger charge is 2.16. The molecule has 3 rings (SSSR count). The summed E-state index contributed by atoms with van der Waals surface area (Å²) in [5.41, 5.74) is 8.87. The molecule has 0 aliphatic rings. The maximum absolute atomic E-state index is 12.4. The first-order valence-corrected chi connectivity index (χ1v) is 11.5. The molecule has 10 heteroatoms. The van der Waals surface area contributed by atoms with E-state index in [0.29, 0.717) is 43.1 Å². The van der Waals surface area contributed by atoms with Crippen LogP contribution in [0.2, 0.25) is 0 Å². The largest absolute Gasteiger partial charge is 0.382 e. The Hall–Kier alpha value is -3.00. The Morgan fingerprint density at radius 3 is 2.87 bits per heavy atom. The number of rotatable bonds is 10. The van der Waals surface area contributed by atoms with Gasteiger partial charge in [-0.3, -0.25) is 0 Å². The first-order chi connectivity index (χ1) is 14.9. The Labute approximate surface area is 181 Å². The van der Waals surface area contributed by atoms with Gasteiger partial charge in [-0.1, -0.05) is 6.07 Å². The van der Waals surface area contributed by atoms with Crippen LogP contribution in [0.1, 0.15) is 36.7 Å². The molecule has 0 amide bonds. The summed E-state index contributed by atoms with van der Waals surface area (Å²) in [7, 11) is -3.66. The summed E-state index contributed by atoms with van der Waals surface area (Å²) in [6.07, 6.45) is 3.08. The first-order valence-electron chi connectivity index (χ1n) is 10.0. The summed E-state index contributed by atoms with van der Waals surface area (Å²) in [6.45, 7) is 5.76. The molecule has 2 aromatic heterocycles. The van der Waals surface area contributed by atoms with E-state index < -0.39 is 10.0 Å². The number of nitrogens with two attached hydrogens (primary N) is 1. The smallest absolute Gasteiger partial charge is 0.240 e. The van der Waals surface area contributed by atoms with Crippen molar-refractivity contribution in [2.45, 2.75) is 44.7 Å². The Bertz CT molecular complexity index is 1210. The van der Waals surface area contributed by atoms with Gasteiger partial charge in [0.2, 0.25) is 10.0 Å². The summed E-state index contributed by atoms with van der Waals surface area (Å²) < 4.78 is 35.1. The van der Waals surface area contributed by atoms with Crippen molar-refractivity contribution < 1.29 is 13.2 Å². The molecule has 164 valence electrons. The third kappa shape index (κ3) is 5.19. The Morgan fingerprint density at radius 1 is 1.32 bits per heavy atom. The third-order valence-corrected chi connectivity index (χ3v) is 6.33. The lowest BCUT2D eigenvalue weighted by Gasteiger charge is -2.11. The fourth-order valence-electron chi connectivity index (χ4n) is 3.33. The van der Waals surface area contributed by atoms with E-state index in [-0.39, 0.29) is 11.4 Å². The van der Waals surface area contributed by atoms with Gasteiger partial charge in [-0.25, -0.2) is 23.1 Å². The molecule has 0 saturated carbocycles. The van der Waals surface area contributed by atoms with Crippen molar-refractivity contribution in [3.8, 4) is 6.07 Å². The van der Waals surface area contributed by atoms with Crippen molar-refractivity contribution >= 4 is 26.9 Å².